The van der Waals surface area contributed by atoms with Gasteiger partial charge < -0.3 is 9.84 Å². The highest BCUT2D eigenvalue weighted by molar-refractivity contribution is 7.94. The third-order valence-electron chi connectivity index (χ3n) is 5.46. The first-order valence-corrected chi connectivity index (χ1v) is 12.5. The van der Waals surface area contributed by atoms with Crippen molar-refractivity contribution in [3.63, 3.8) is 0 Å². The molecule has 0 bridgehead atoms. The topological polar surface area (TPSA) is 97.1 Å². The van der Waals surface area contributed by atoms with E-state index in [2.05, 4.69) is 27.1 Å². The molecule has 1 saturated carbocycles. The molecule has 4 rings (SSSR count). The van der Waals surface area contributed by atoms with E-state index in [1.165, 1.54) is 31.9 Å². The molecule has 0 amide bonds. The van der Waals surface area contributed by atoms with Crippen molar-refractivity contribution in [2.45, 2.75) is 55.8 Å². The van der Waals surface area contributed by atoms with Crippen molar-refractivity contribution in [3.8, 4) is 10.6 Å². The normalized spacial score (nSPS) is 16.0. The van der Waals surface area contributed by atoms with Crippen LogP contribution in [0.25, 0.3) is 10.6 Å². The van der Waals surface area contributed by atoms with E-state index in [-0.39, 0.29) is 4.21 Å². The first kappa shape index (κ1) is 21.0. The van der Waals surface area contributed by atoms with Gasteiger partial charge >= 0.3 is 0 Å². The summed E-state index contributed by atoms with van der Waals surface area (Å²) in [6, 6.07) is 9.09. The minimum absolute atomic E-state index is 0.208. The molecule has 1 aliphatic rings. The zero-order valence-corrected chi connectivity index (χ0v) is 18.5. The second-order valence-electron chi connectivity index (χ2n) is 7.79. The second kappa shape index (κ2) is 9.28. The Morgan fingerprint density at radius 1 is 1.23 bits per heavy atom. The number of thiophene rings is 1. The lowest BCUT2D eigenvalue weighted by atomic mass is 9.99. The van der Waals surface area contributed by atoms with Crippen molar-refractivity contribution in [3.05, 3.63) is 48.4 Å². The molecule has 30 heavy (non-hydrogen) atoms. The summed E-state index contributed by atoms with van der Waals surface area (Å²) < 4.78 is 33.5. The van der Waals surface area contributed by atoms with Gasteiger partial charge in [0, 0.05) is 30.4 Å². The molecule has 3 aromatic heterocycles. The molecule has 1 fully saturated rings. The smallest absolute Gasteiger partial charge is 0.272 e. The van der Waals surface area contributed by atoms with E-state index < -0.39 is 10.0 Å². The Balaban J connectivity index is 1.43. The molecule has 0 unspecified atom stereocenters. The monoisotopic (exact) mass is 446 g/mol. The minimum Gasteiger partial charge on any atom is -0.364 e. The van der Waals surface area contributed by atoms with Gasteiger partial charge in [-0.3, -0.25) is 4.72 Å². The van der Waals surface area contributed by atoms with E-state index in [0.717, 1.165) is 34.1 Å². The van der Waals surface area contributed by atoms with Crippen molar-refractivity contribution in [2.24, 2.45) is 5.92 Å². The highest BCUT2D eigenvalue weighted by Gasteiger charge is 2.21. The molecular formula is C21H26N4O3S2. The minimum atomic E-state index is -3.74. The quantitative estimate of drug-likeness (QED) is 0.496. The van der Waals surface area contributed by atoms with Crippen LogP contribution in [0, 0.1) is 5.92 Å². The molecule has 7 nitrogen and oxygen atoms in total. The number of nitrogens with one attached hydrogen (secondary N) is 2. The van der Waals surface area contributed by atoms with Gasteiger partial charge in [-0.2, -0.15) is 0 Å². The van der Waals surface area contributed by atoms with Crippen molar-refractivity contribution in [2.75, 3.05) is 4.72 Å². The first-order valence-electron chi connectivity index (χ1n) is 10.2. The lowest BCUT2D eigenvalue weighted by Crippen LogP contribution is -2.28. The van der Waals surface area contributed by atoms with Crippen LogP contribution in [-0.4, -0.2) is 24.6 Å². The Morgan fingerprint density at radius 2 is 2.07 bits per heavy atom. The number of anilines is 1. The summed E-state index contributed by atoms with van der Waals surface area (Å²) in [5.74, 6) is 1.16. The van der Waals surface area contributed by atoms with Crippen molar-refractivity contribution >= 4 is 27.2 Å². The largest absolute Gasteiger partial charge is 0.364 e. The molecule has 2 N–H and O–H groups in total. The third-order valence-corrected chi connectivity index (χ3v) is 8.40. The summed E-state index contributed by atoms with van der Waals surface area (Å²) in [4.78, 5) is 5.00. The SMILES string of the molecule is C[C@@H](CC1CCCC1)NCc1cccnc1NS(=O)(=O)c1ccc(-c2ccon2)s1. The van der Waals surface area contributed by atoms with Crippen LogP contribution < -0.4 is 10.0 Å². The predicted octanol–water partition coefficient (Wildman–Crippen LogP) is 4.66. The first-order chi connectivity index (χ1) is 14.5. The maximum Gasteiger partial charge on any atom is 0.272 e. The van der Waals surface area contributed by atoms with Crippen LogP contribution in [0.2, 0.25) is 0 Å². The Labute approximate surface area is 181 Å². The molecule has 0 spiro atoms. The summed E-state index contributed by atoms with van der Waals surface area (Å²) in [5.41, 5.74) is 1.44. The van der Waals surface area contributed by atoms with Crippen molar-refractivity contribution in [1.29, 1.82) is 0 Å². The number of aromatic nitrogens is 2. The number of hydrogen-bond donors (Lipinski definition) is 2. The second-order valence-corrected chi connectivity index (χ2v) is 10.8. The molecule has 1 atom stereocenters. The molecule has 0 saturated heterocycles. The van der Waals surface area contributed by atoms with Gasteiger partial charge in [0.1, 0.15) is 22.0 Å². The number of hydrogen-bond acceptors (Lipinski definition) is 7. The molecule has 3 aromatic rings. The van der Waals surface area contributed by atoms with Crippen LogP contribution in [-0.2, 0) is 16.6 Å². The fourth-order valence-corrected chi connectivity index (χ4v) is 6.22. The molecule has 3 heterocycles. The van der Waals surface area contributed by atoms with Crippen LogP contribution in [0.5, 0.6) is 0 Å². The molecule has 0 aliphatic heterocycles. The summed E-state index contributed by atoms with van der Waals surface area (Å²) in [7, 11) is -3.74. The van der Waals surface area contributed by atoms with Gasteiger partial charge in [-0.1, -0.05) is 36.9 Å². The van der Waals surface area contributed by atoms with Gasteiger partial charge in [0.25, 0.3) is 10.0 Å². The van der Waals surface area contributed by atoms with Crippen molar-refractivity contribution < 1.29 is 12.9 Å². The van der Waals surface area contributed by atoms with Crippen LogP contribution in [0.1, 0.15) is 44.6 Å². The Bertz CT molecular complexity index is 1060. The average Bonchev–Trinajstić information content (AvgIpc) is 3.48. The Kier molecular flexibility index (Phi) is 6.50. The Hall–Kier alpha value is -2.23. The highest BCUT2D eigenvalue weighted by atomic mass is 32.2. The van der Waals surface area contributed by atoms with Crippen LogP contribution in [0.3, 0.4) is 0 Å². The number of rotatable bonds is 9. The fourth-order valence-electron chi connectivity index (χ4n) is 3.91. The lowest BCUT2D eigenvalue weighted by Gasteiger charge is -2.19. The molecule has 160 valence electrons. The van der Waals surface area contributed by atoms with Gasteiger partial charge in [0.2, 0.25) is 0 Å². The fraction of sp³-hybridized carbons (Fsp3) is 0.429. The van der Waals surface area contributed by atoms with Gasteiger partial charge in [-0.15, -0.1) is 11.3 Å². The van der Waals surface area contributed by atoms with Crippen LogP contribution in [0.15, 0.2) is 51.5 Å². The van der Waals surface area contributed by atoms with Gasteiger partial charge in [-0.05, 0) is 37.5 Å². The van der Waals surface area contributed by atoms with E-state index >= 15 is 0 Å². The van der Waals surface area contributed by atoms with E-state index in [4.69, 9.17) is 4.52 Å². The lowest BCUT2D eigenvalue weighted by molar-refractivity contribution is 0.404. The van der Waals surface area contributed by atoms with Crippen molar-refractivity contribution in [1.82, 2.24) is 15.5 Å². The van der Waals surface area contributed by atoms with Crippen LogP contribution in [0.4, 0.5) is 5.82 Å². The molecule has 0 aromatic carbocycles. The highest BCUT2D eigenvalue weighted by Crippen LogP contribution is 2.31. The van der Waals surface area contributed by atoms with E-state index in [9.17, 15) is 8.42 Å². The van der Waals surface area contributed by atoms with Gasteiger partial charge in [0.05, 0.1) is 4.88 Å². The number of sulfonamides is 1. The summed E-state index contributed by atoms with van der Waals surface area (Å²) >= 11 is 1.14. The average molecular weight is 447 g/mol. The maximum atomic E-state index is 12.9. The number of nitrogens with zero attached hydrogens (tertiary/aromatic N) is 2. The standard InChI is InChI=1S/C21H26N4O3S2/c1-15(13-16-5-2-3-6-16)23-14-17-7-4-11-22-21(17)25-30(26,27)20-9-8-19(29-20)18-10-12-28-24-18/h4,7-12,15-16,23H,2-3,5-6,13-14H2,1H3,(H,22,25)/t15-/m0/s1. The zero-order chi connectivity index (χ0) is 21.0. The molecule has 1 aliphatic carbocycles. The maximum absolute atomic E-state index is 12.9. The predicted molar refractivity (Wildman–Crippen MR) is 118 cm³/mol. The molecule has 0 radical (unpaired) electrons. The van der Waals surface area contributed by atoms with Gasteiger partial charge in [0.15, 0.2) is 0 Å². The summed E-state index contributed by atoms with van der Waals surface area (Å²) in [6.07, 6.45) is 9.53. The number of pyridine rings is 1. The summed E-state index contributed by atoms with van der Waals surface area (Å²) in [6.45, 7) is 2.75. The Morgan fingerprint density at radius 3 is 2.83 bits per heavy atom. The molecule has 9 heteroatoms. The van der Waals surface area contributed by atoms with Crippen LogP contribution >= 0.6 is 11.3 Å². The van der Waals surface area contributed by atoms with E-state index in [1.54, 1.807) is 24.4 Å². The summed E-state index contributed by atoms with van der Waals surface area (Å²) in [5, 5.41) is 7.38. The molecular weight excluding hydrogens is 420 g/mol. The van der Waals surface area contributed by atoms with Gasteiger partial charge in [-0.25, -0.2) is 13.4 Å². The van der Waals surface area contributed by atoms with E-state index in [1.807, 2.05) is 12.1 Å². The van der Waals surface area contributed by atoms with E-state index in [0.29, 0.717) is 24.1 Å². The zero-order valence-electron chi connectivity index (χ0n) is 16.9. The third kappa shape index (κ3) is 5.08.